The first-order valence-corrected chi connectivity index (χ1v) is 8.18. The van der Waals surface area contributed by atoms with Crippen LogP contribution in [0, 0.1) is 0 Å². The largest absolute Gasteiger partial charge is 0.484 e. The highest BCUT2D eigenvalue weighted by Gasteiger charge is 2.09. The number of amides is 1. The number of nitrogens with one attached hydrogen (secondary N) is 2. The van der Waals surface area contributed by atoms with Crippen molar-refractivity contribution in [2.75, 3.05) is 45.9 Å². The number of piperazine rings is 1. The standard InChI is InChI=1S/C15H21Cl2N3O2.ClH/c16-13-3-2-12(10-14(13)17)22-11-15(21)19-4-1-7-20-8-5-18-6-9-20;/h2-3,10,18H,1,4-9,11H2,(H,19,21);1H. The molecular formula is C15H22Cl3N3O2. The normalized spacial score (nSPS) is 14.9. The van der Waals surface area contributed by atoms with E-state index < -0.39 is 0 Å². The quantitative estimate of drug-likeness (QED) is 0.710. The molecule has 1 amide bonds. The molecule has 5 nitrogen and oxygen atoms in total. The van der Waals surface area contributed by atoms with Gasteiger partial charge in [0.1, 0.15) is 5.75 Å². The van der Waals surface area contributed by atoms with Crippen LogP contribution in [0.4, 0.5) is 0 Å². The van der Waals surface area contributed by atoms with Crippen molar-refractivity contribution >= 4 is 41.5 Å². The molecule has 1 aliphatic rings. The van der Waals surface area contributed by atoms with Crippen LogP contribution in [0.3, 0.4) is 0 Å². The van der Waals surface area contributed by atoms with E-state index in [1.54, 1.807) is 18.2 Å². The van der Waals surface area contributed by atoms with Gasteiger partial charge >= 0.3 is 0 Å². The minimum atomic E-state index is -0.133. The fourth-order valence-electron chi connectivity index (χ4n) is 2.23. The number of benzene rings is 1. The lowest BCUT2D eigenvalue weighted by Gasteiger charge is -2.27. The predicted octanol–water partition coefficient (Wildman–Crippen LogP) is 2.21. The Bertz CT molecular complexity index is 497. The third-order valence-corrected chi connectivity index (χ3v) is 4.18. The highest BCUT2D eigenvalue weighted by Crippen LogP contribution is 2.26. The molecule has 0 aromatic heterocycles. The summed E-state index contributed by atoms with van der Waals surface area (Å²) in [5.41, 5.74) is 0. The lowest BCUT2D eigenvalue weighted by Crippen LogP contribution is -2.44. The lowest BCUT2D eigenvalue weighted by molar-refractivity contribution is -0.123. The number of ether oxygens (including phenoxy) is 1. The van der Waals surface area contributed by atoms with Gasteiger partial charge in [0.2, 0.25) is 0 Å². The van der Waals surface area contributed by atoms with Crippen molar-refractivity contribution < 1.29 is 9.53 Å². The molecule has 0 aliphatic carbocycles. The molecule has 8 heteroatoms. The van der Waals surface area contributed by atoms with Gasteiger partial charge in [-0.3, -0.25) is 4.79 Å². The summed E-state index contributed by atoms with van der Waals surface area (Å²) in [5, 5.41) is 7.05. The molecule has 2 N–H and O–H groups in total. The molecule has 2 rings (SSSR count). The average Bonchev–Trinajstić information content (AvgIpc) is 2.54. The molecule has 1 heterocycles. The first-order chi connectivity index (χ1) is 10.6. The minimum Gasteiger partial charge on any atom is -0.484 e. The van der Waals surface area contributed by atoms with E-state index >= 15 is 0 Å². The van der Waals surface area contributed by atoms with E-state index in [1.807, 2.05) is 0 Å². The molecular weight excluding hydrogens is 361 g/mol. The van der Waals surface area contributed by atoms with Crippen LogP contribution in [0.15, 0.2) is 18.2 Å². The highest BCUT2D eigenvalue weighted by atomic mass is 35.5. The van der Waals surface area contributed by atoms with E-state index in [1.165, 1.54) is 0 Å². The van der Waals surface area contributed by atoms with Crippen LogP contribution in [-0.2, 0) is 4.79 Å². The van der Waals surface area contributed by atoms with Crippen molar-refractivity contribution in [2.24, 2.45) is 0 Å². The number of hydrogen-bond acceptors (Lipinski definition) is 4. The third-order valence-electron chi connectivity index (χ3n) is 3.44. The molecule has 1 fully saturated rings. The Labute approximate surface area is 153 Å². The second-order valence-corrected chi connectivity index (χ2v) is 5.97. The zero-order chi connectivity index (χ0) is 15.8. The topological polar surface area (TPSA) is 53.6 Å². The molecule has 0 saturated carbocycles. The number of carbonyl (C=O) groups is 1. The Kier molecular flexibility index (Phi) is 9.67. The first kappa shape index (κ1) is 20.3. The predicted molar refractivity (Wildman–Crippen MR) is 96.1 cm³/mol. The zero-order valence-electron chi connectivity index (χ0n) is 12.8. The fraction of sp³-hybridized carbons (Fsp3) is 0.533. The van der Waals surface area contributed by atoms with Crippen molar-refractivity contribution in [3.05, 3.63) is 28.2 Å². The van der Waals surface area contributed by atoms with Crippen molar-refractivity contribution in [3.8, 4) is 5.75 Å². The Hall–Kier alpha value is -0.720. The summed E-state index contributed by atoms with van der Waals surface area (Å²) >= 11 is 11.7. The summed E-state index contributed by atoms with van der Waals surface area (Å²) in [6.07, 6.45) is 0.943. The summed E-state index contributed by atoms with van der Waals surface area (Å²) in [6, 6.07) is 4.93. The molecule has 23 heavy (non-hydrogen) atoms. The van der Waals surface area contributed by atoms with Crippen LogP contribution in [-0.4, -0.2) is 56.7 Å². The number of hydrogen-bond donors (Lipinski definition) is 2. The number of rotatable bonds is 7. The monoisotopic (exact) mass is 381 g/mol. The van der Waals surface area contributed by atoms with Crippen LogP contribution in [0.1, 0.15) is 6.42 Å². The molecule has 130 valence electrons. The SMILES string of the molecule is Cl.O=C(COc1ccc(Cl)c(Cl)c1)NCCCN1CCNCC1. The van der Waals surface area contributed by atoms with Crippen LogP contribution in [0.2, 0.25) is 10.0 Å². The van der Waals surface area contributed by atoms with E-state index in [9.17, 15) is 4.79 Å². The summed E-state index contributed by atoms with van der Waals surface area (Å²) in [4.78, 5) is 14.1. The van der Waals surface area contributed by atoms with Gasteiger partial charge in [-0.2, -0.15) is 0 Å². The fourth-order valence-corrected chi connectivity index (χ4v) is 2.52. The number of carbonyl (C=O) groups excluding carboxylic acids is 1. The summed E-state index contributed by atoms with van der Waals surface area (Å²) in [7, 11) is 0. The highest BCUT2D eigenvalue weighted by molar-refractivity contribution is 6.42. The van der Waals surface area contributed by atoms with Gasteiger partial charge in [0, 0.05) is 38.8 Å². The molecule has 0 atom stereocenters. The molecule has 0 bridgehead atoms. The van der Waals surface area contributed by atoms with Gasteiger partial charge in [-0.05, 0) is 25.1 Å². The maximum Gasteiger partial charge on any atom is 0.257 e. The van der Waals surface area contributed by atoms with Crippen LogP contribution >= 0.6 is 35.6 Å². The molecule has 1 aromatic rings. The van der Waals surface area contributed by atoms with Crippen molar-refractivity contribution in [1.29, 1.82) is 0 Å². The van der Waals surface area contributed by atoms with E-state index in [0.717, 1.165) is 39.1 Å². The third kappa shape index (κ3) is 7.59. The second-order valence-electron chi connectivity index (χ2n) is 5.16. The van der Waals surface area contributed by atoms with Crippen LogP contribution in [0.5, 0.6) is 5.75 Å². The van der Waals surface area contributed by atoms with E-state index in [0.29, 0.717) is 22.3 Å². The van der Waals surface area contributed by atoms with Gasteiger partial charge in [-0.1, -0.05) is 23.2 Å². The van der Waals surface area contributed by atoms with Gasteiger partial charge < -0.3 is 20.3 Å². The maximum absolute atomic E-state index is 11.7. The Morgan fingerprint density at radius 2 is 2.00 bits per heavy atom. The smallest absolute Gasteiger partial charge is 0.257 e. The van der Waals surface area contributed by atoms with Crippen molar-refractivity contribution in [3.63, 3.8) is 0 Å². The van der Waals surface area contributed by atoms with E-state index in [-0.39, 0.29) is 24.9 Å². The molecule has 1 aliphatic heterocycles. The average molecular weight is 383 g/mol. The Balaban J connectivity index is 0.00000264. The van der Waals surface area contributed by atoms with Gasteiger partial charge in [0.25, 0.3) is 5.91 Å². The minimum absolute atomic E-state index is 0. The summed E-state index contributed by atoms with van der Waals surface area (Å²) in [6.45, 7) is 5.89. The Morgan fingerprint density at radius 3 is 2.70 bits per heavy atom. The van der Waals surface area contributed by atoms with Crippen molar-refractivity contribution in [2.45, 2.75) is 6.42 Å². The summed E-state index contributed by atoms with van der Waals surface area (Å²) < 4.78 is 5.38. The molecule has 0 spiro atoms. The molecule has 0 unspecified atom stereocenters. The van der Waals surface area contributed by atoms with Crippen molar-refractivity contribution in [1.82, 2.24) is 15.5 Å². The van der Waals surface area contributed by atoms with Crippen LogP contribution < -0.4 is 15.4 Å². The van der Waals surface area contributed by atoms with Crippen LogP contribution in [0.25, 0.3) is 0 Å². The number of halogens is 3. The van der Waals surface area contributed by atoms with Gasteiger partial charge in [-0.15, -0.1) is 12.4 Å². The van der Waals surface area contributed by atoms with Gasteiger partial charge in [-0.25, -0.2) is 0 Å². The van der Waals surface area contributed by atoms with E-state index in [4.69, 9.17) is 27.9 Å². The second kappa shape index (κ2) is 10.9. The first-order valence-electron chi connectivity index (χ1n) is 7.43. The zero-order valence-corrected chi connectivity index (χ0v) is 15.1. The molecule has 1 saturated heterocycles. The maximum atomic E-state index is 11.7. The summed E-state index contributed by atoms with van der Waals surface area (Å²) in [5.74, 6) is 0.400. The lowest BCUT2D eigenvalue weighted by atomic mass is 10.3. The van der Waals surface area contributed by atoms with Gasteiger partial charge in [0.15, 0.2) is 6.61 Å². The van der Waals surface area contributed by atoms with Gasteiger partial charge in [0.05, 0.1) is 10.0 Å². The Morgan fingerprint density at radius 1 is 1.26 bits per heavy atom. The molecule has 1 aromatic carbocycles. The molecule has 0 radical (unpaired) electrons. The van der Waals surface area contributed by atoms with E-state index in [2.05, 4.69) is 15.5 Å². The number of nitrogens with zero attached hydrogens (tertiary/aromatic N) is 1.